The fourth-order valence-corrected chi connectivity index (χ4v) is 3.13. The van der Waals surface area contributed by atoms with Gasteiger partial charge in [-0.3, -0.25) is 19.7 Å². The first-order valence-corrected chi connectivity index (χ1v) is 9.82. The topological polar surface area (TPSA) is 81.6 Å². The highest BCUT2D eigenvalue weighted by Gasteiger charge is 2.27. The molecular formula is C20H34N6O. The quantitative estimate of drug-likeness (QED) is 0.496. The van der Waals surface area contributed by atoms with E-state index >= 15 is 0 Å². The maximum Gasteiger partial charge on any atom is 0.227 e. The summed E-state index contributed by atoms with van der Waals surface area (Å²) >= 11 is 0. The second kappa shape index (κ2) is 10.3. The van der Waals surface area contributed by atoms with Gasteiger partial charge in [-0.1, -0.05) is 6.07 Å². The Bertz CT molecular complexity index is 608. The highest BCUT2D eigenvalue weighted by Crippen LogP contribution is 2.15. The molecule has 0 bridgehead atoms. The molecule has 0 aliphatic carbocycles. The Balaban J connectivity index is 1.75. The third-order valence-corrected chi connectivity index (χ3v) is 4.91. The normalized spacial score (nSPS) is 16.8. The number of likely N-dealkylation sites (tertiary alicyclic amines) is 1. The molecule has 1 aromatic heterocycles. The molecule has 0 aromatic carbocycles. The number of nitrogens with one attached hydrogen (secondary N) is 3. The third-order valence-electron chi connectivity index (χ3n) is 4.91. The Kier molecular flexibility index (Phi) is 8.03. The van der Waals surface area contributed by atoms with E-state index in [1.165, 1.54) is 0 Å². The van der Waals surface area contributed by atoms with Gasteiger partial charge >= 0.3 is 0 Å². The van der Waals surface area contributed by atoms with E-state index in [-0.39, 0.29) is 5.91 Å². The summed E-state index contributed by atoms with van der Waals surface area (Å²) in [5.74, 6) is 0.811. The standard InChI is InChI=1S/C20H34N6O/c1-5-22-18(27)20(2,3)15-24-19(21-4)25-16-9-12-26(13-10-16)14-17-8-6-7-11-23-17/h6-8,11,16H,5,9-10,12-15H2,1-4H3,(H,22,27)(H2,21,24,25). The molecule has 1 saturated heterocycles. The van der Waals surface area contributed by atoms with Gasteiger partial charge in [0.05, 0.1) is 11.1 Å². The first kappa shape index (κ1) is 21.2. The van der Waals surface area contributed by atoms with Crippen molar-refractivity contribution in [3.05, 3.63) is 30.1 Å². The number of aromatic nitrogens is 1. The molecule has 150 valence electrons. The van der Waals surface area contributed by atoms with Gasteiger partial charge in [-0.25, -0.2) is 0 Å². The van der Waals surface area contributed by atoms with Crippen LogP contribution in [-0.2, 0) is 11.3 Å². The predicted octanol–water partition coefficient (Wildman–Crippen LogP) is 1.37. The van der Waals surface area contributed by atoms with E-state index in [9.17, 15) is 4.79 Å². The number of hydrogen-bond donors (Lipinski definition) is 3. The van der Waals surface area contributed by atoms with E-state index < -0.39 is 5.41 Å². The number of piperidine rings is 1. The Morgan fingerprint density at radius 3 is 2.63 bits per heavy atom. The Morgan fingerprint density at radius 2 is 2.04 bits per heavy atom. The number of rotatable bonds is 7. The first-order chi connectivity index (χ1) is 12.9. The molecule has 1 amide bonds. The van der Waals surface area contributed by atoms with Gasteiger partial charge in [0, 0.05) is 52.0 Å². The highest BCUT2D eigenvalue weighted by molar-refractivity contribution is 5.84. The van der Waals surface area contributed by atoms with Crippen molar-refractivity contribution in [1.82, 2.24) is 25.8 Å². The van der Waals surface area contributed by atoms with Crippen LogP contribution < -0.4 is 16.0 Å². The summed E-state index contributed by atoms with van der Waals surface area (Å²) in [5, 5.41) is 9.68. The van der Waals surface area contributed by atoms with E-state index in [1.807, 2.05) is 39.1 Å². The summed E-state index contributed by atoms with van der Waals surface area (Å²) in [5.41, 5.74) is 0.633. The molecule has 0 spiro atoms. The van der Waals surface area contributed by atoms with Crippen LogP contribution in [0, 0.1) is 5.41 Å². The SMILES string of the molecule is CCNC(=O)C(C)(C)CNC(=NC)NC1CCN(Cc2ccccn2)CC1. The summed E-state index contributed by atoms with van der Waals surface area (Å²) in [6.45, 7) is 9.97. The molecule has 3 N–H and O–H groups in total. The smallest absolute Gasteiger partial charge is 0.227 e. The Labute approximate surface area is 163 Å². The molecule has 1 aromatic rings. The lowest BCUT2D eigenvalue weighted by atomic mass is 9.92. The molecule has 2 rings (SSSR count). The van der Waals surface area contributed by atoms with Crippen LogP contribution in [0.3, 0.4) is 0 Å². The largest absolute Gasteiger partial charge is 0.356 e. The number of amides is 1. The van der Waals surface area contributed by atoms with E-state index in [1.54, 1.807) is 7.05 Å². The van der Waals surface area contributed by atoms with Gasteiger partial charge in [0.15, 0.2) is 5.96 Å². The van der Waals surface area contributed by atoms with Crippen LogP contribution in [0.4, 0.5) is 0 Å². The lowest BCUT2D eigenvalue weighted by Crippen LogP contribution is -2.51. The van der Waals surface area contributed by atoms with Gasteiger partial charge in [0.1, 0.15) is 0 Å². The highest BCUT2D eigenvalue weighted by atomic mass is 16.2. The van der Waals surface area contributed by atoms with Gasteiger partial charge in [-0.05, 0) is 45.7 Å². The number of pyridine rings is 1. The van der Waals surface area contributed by atoms with Gasteiger partial charge in [0.2, 0.25) is 5.91 Å². The fourth-order valence-electron chi connectivity index (χ4n) is 3.13. The van der Waals surface area contributed by atoms with E-state index in [0.717, 1.165) is 44.1 Å². The van der Waals surface area contributed by atoms with Crippen molar-refractivity contribution in [2.24, 2.45) is 10.4 Å². The molecule has 1 aliphatic heterocycles. The van der Waals surface area contributed by atoms with E-state index in [2.05, 4.69) is 36.9 Å². The second-order valence-corrected chi connectivity index (χ2v) is 7.68. The molecule has 27 heavy (non-hydrogen) atoms. The van der Waals surface area contributed by atoms with E-state index in [4.69, 9.17) is 0 Å². The molecule has 1 aliphatic rings. The summed E-state index contributed by atoms with van der Waals surface area (Å²) in [6, 6.07) is 6.45. The minimum absolute atomic E-state index is 0.0517. The summed E-state index contributed by atoms with van der Waals surface area (Å²) < 4.78 is 0. The monoisotopic (exact) mass is 374 g/mol. The van der Waals surface area contributed by atoms with Crippen LogP contribution in [0.5, 0.6) is 0 Å². The van der Waals surface area contributed by atoms with Crippen molar-refractivity contribution in [1.29, 1.82) is 0 Å². The number of aliphatic imine (C=N–C) groups is 1. The lowest BCUT2D eigenvalue weighted by molar-refractivity contribution is -0.128. The molecule has 7 heteroatoms. The minimum Gasteiger partial charge on any atom is -0.356 e. The first-order valence-electron chi connectivity index (χ1n) is 9.82. The number of hydrogen-bond acceptors (Lipinski definition) is 4. The second-order valence-electron chi connectivity index (χ2n) is 7.68. The van der Waals surface area contributed by atoms with Crippen molar-refractivity contribution in [2.45, 2.75) is 46.2 Å². The van der Waals surface area contributed by atoms with Crippen LogP contribution in [-0.4, -0.2) is 61.0 Å². The zero-order valence-corrected chi connectivity index (χ0v) is 17.1. The Morgan fingerprint density at radius 1 is 1.30 bits per heavy atom. The number of guanidine groups is 1. The molecule has 7 nitrogen and oxygen atoms in total. The van der Waals surface area contributed by atoms with Crippen LogP contribution in [0.25, 0.3) is 0 Å². The average Bonchev–Trinajstić information content (AvgIpc) is 2.67. The van der Waals surface area contributed by atoms with Crippen LogP contribution in [0.1, 0.15) is 39.3 Å². The molecule has 0 unspecified atom stereocenters. The number of carbonyl (C=O) groups excluding carboxylic acids is 1. The van der Waals surface area contributed by atoms with Gasteiger partial charge in [-0.2, -0.15) is 0 Å². The predicted molar refractivity (Wildman–Crippen MR) is 109 cm³/mol. The minimum atomic E-state index is -0.486. The number of carbonyl (C=O) groups is 1. The molecule has 0 radical (unpaired) electrons. The maximum absolute atomic E-state index is 12.1. The molecule has 2 heterocycles. The molecular weight excluding hydrogens is 340 g/mol. The lowest BCUT2D eigenvalue weighted by Gasteiger charge is -2.33. The maximum atomic E-state index is 12.1. The van der Waals surface area contributed by atoms with E-state index in [0.29, 0.717) is 19.1 Å². The molecule has 1 fully saturated rings. The zero-order chi connectivity index (χ0) is 19.7. The van der Waals surface area contributed by atoms with Crippen LogP contribution in [0.2, 0.25) is 0 Å². The number of nitrogens with zero attached hydrogens (tertiary/aromatic N) is 3. The summed E-state index contributed by atoms with van der Waals surface area (Å²) in [6.07, 6.45) is 3.97. The van der Waals surface area contributed by atoms with Crippen LogP contribution >= 0.6 is 0 Å². The molecule has 0 saturated carbocycles. The Hall–Kier alpha value is -2.15. The van der Waals surface area contributed by atoms with Gasteiger partial charge < -0.3 is 16.0 Å². The summed E-state index contributed by atoms with van der Waals surface area (Å²) in [4.78, 5) is 23.3. The van der Waals surface area contributed by atoms with Crippen molar-refractivity contribution in [3.63, 3.8) is 0 Å². The molecule has 0 atom stereocenters. The van der Waals surface area contributed by atoms with Crippen LogP contribution in [0.15, 0.2) is 29.4 Å². The fraction of sp³-hybridized carbons (Fsp3) is 0.650. The summed E-state index contributed by atoms with van der Waals surface area (Å²) in [7, 11) is 1.77. The van der Waals surface area contributed by atoms with Gasteiger partial charge in [-0.15, -0.1) is 0 Å². The van der Waals surface area contributed by atoms with Crippen molar-refractivity contribution in [2.75, 3.05) is 33.2 Å². The zero-order valence-electron chi connectivity index (χ0n) is 17.1. The average molecular weight is 375 g/mol. The van der Waals surface area contributed by atoms with Crippen molar-refractivity contribution < 1.29 is 4.79 Å². The van der Waals surface area contributed by atoms with Crippen molar-refractivity contribution in [3.8, 4) is 0 Å². The van der Waals surface area contributed by atoms with Crippen molar-refractivity contribution >= 4 is 11.9 Å². The third kappa shape index (κ3) is 6.82. The van der Waals surface area contributed by atoms with Gasteiger partial charge in [0.25, 0.3) is 0 Å².